The lowest BCUT2D eigenvalue weighted by molar-refractivity contribution is 0.150. The van der Waals surface area contributed by atoms with Crippen LogP contribution in [0.4, 0.5) is 0 Å². The zero-order valence-corrected chi connectivity index (χ0v) is 8.96. The fraction of sp³-hybridized carbons (Fsp3) is 0.455. The average molecular weight is 215 g/mol. The van der Waals surface area contributed by atoms with Crippen LogP contribution in [0, 0.1) is 12.8 Å². The number of benzene rings is 1. The Labute approximate surface area is 89.1 Å². The third kappa shape index (κ3) is 2.98. The van der Waals surface area contributed by atoms with Crippen molar-refractivity contribution in [3.8, 4) is 0 Å². The molecule has 0 atom stereocenters. The van der Waals surface area contributed by atoms with Crippen LogP contribution >= 0.6 is 11.6 Å². The summed E-state index contributed by atoms with van der Waals surface area (Å²) in [6.07, 6.45) is 0.686. The number of hydrogen-bond donors (Lipinski definition) is 2. The molecule has 1 aromatic rings. The van der Waals surface area contributed by atoms with Gasteiger partial charge in [-0.25, -0.2) is 0 Å². The van der Waals surface area contributed by atoms with Crippen LogP contribution in [0.25, 0.3) is 0 Å². The summed E-state index contributed by atoms with van der Waals surface area (Å²) in [5, 5.41) is 18.6. The zero-order valence-electron chi connectivity index (χ0n) is 8.20. The van der Waals surface area contributed by atoms with E-state index in [1.165, 1.54) is 0 Å². The minimum absolute atomic E-state index is 0.0121. The van der Waals surface area contributed by atoms with E-state index in [1.807, 2.05) is 25.1 Å². The van der Waals surface area contributed by atoms with Gasteiger partial charge >= 0.3 is 0 Å². The molecule has 0 fully saturated rings. The summed E-state index contributed by atoms with van der Waals surface area (Å²) >= 11 is 5.89. The van der Waals surface area contributed by atoms with Crippen LogP contribution in [-0.4, -0.2) is 23.4 Å². The smallest absolute Gasteiger partial charge is 0.0484 e. The van der Waals surface area contributed by atoms with Crippen LogP contribution in [0.3, 0.4) is 0 Å². The second-order valence-electron chi connectivity index (χ2n) is 3.52. The van der Waals surface area contributed by atoms with Crippen molar-refractivity contribution in [2.45, 2.75) is 13.3 Å². The Morgan fingerprint density at radius 3 is 2.43 bits per heavy atom. The van der Waals surface area contributed by atoms with Gasteiger partial charge in [0, 0.05) is 24.2 Å². The van der Waals surface area contributed by atoms with Crippen molar-refractivity contribution in [3.05, 3.63) is 34.3 Å². The van der Waals surface area contributed by atoms with Gasteiger partial charge < -0.3 is 10.2 Å². The Balaban J connectivity index is 2.72. The molecule has 0 amide bonds. The lowest BCUT2D eigenvalue weighted by Crippen LogP contribution is -2.13. The summed E-state index contributed by atoms with van der Waals surface area (Å²) in [6, 6.07) is 5.76. The van der Waals surface area contributed by atoms with Gasteiger partial charge in [0.05, 0.1) is 0 Å². The molecule has 1 aromatic carbocycles. The number of aliphatic hydroxyl groups is 2. The first-order valence-electron chi connectivity index (χ1n) is 4.64. The van der Waals surface area contributed by atoms with E-state index in [4.69, 9.17) is 21.8 Å². The molecule has 0 unspecified atom stereocenters. The summed E-state index contributed by atoms with van der Waals surface area (Å²) in [5.41, 5.74) is 2.12. The van der Waals surface area contributed by atoms with E-state index >= 15 is 0 Å². The predicted octanol–water partition coefficient (Wildman–Crippen LogP) is 1.79. The molecular weight excluding hydrogens is 200 g/mol. The van der Waals surface area contributed by atoms with Crippen molar-refractivity contribution in [3.63, 3.8) is 0 Å². The van der Waals surface area contributed by atoms with Crippen molar-refractivity contribution in [1.82, 2.24) is 0 Å². The molecule has 0 aliphatic rings. The lowest BCUT2D eigenvalue weighted by atomic mass is 10.00. The van der Waals surface area contributed by atoms with Gasteiger partial charge in [-0.15, -0.1) is 0 Å². The maximum Gasteiger partial charge on any atom is 0.0484 e. The maximum atomic E-state index is 8.93. The first-order valence-corrected chi connectivity index (χ1v) is 5.02. The van der Waals surface area contributed by atoms with E-state index < -0.39 is 0 Å². The molecule has 1 rings (SSSR count). The number of halogens is 1. The molecule has 2 N–H and O–H groups in total. The van der Waals surface area contributed by atoms with Gasteiger partial charge in [-0.1, -0.05) is 23.7 Å². The minimum atomic E-state index is -0.0735. The minimum Gasteiger partial charge on any atom is -0.396 e. The third-order valence-corrected chi connectivity index (χ3v) is 2.69. The van der Waals surface area contributed by atoms with Crippen molar-refractivity contribution in [1.29, 1.82) is 0 Å². The molecule has 0 radical (unpaired) electrons. The highest BCUT2D eigenvalue weighted by Gasteiger charge is 2.07. The number of aliphatic hydroxyl groups excluding tert-OH is 2. The van der Waals surface area contributed by atoms with Crippen LogP contribution in [-0.2, 0) is 6.42 Å². The molecule has 0 saturated carbocycles. The van der Waals surface area contributed by atoms with E-state index in [9.17, 15) is 0 Å². The molecule has 0 spiro atoms. The molecule has 2 nitrogen and oxygen atoms in total. The summed E-state index contributed by atoms with van der Waals surface area (Å²) in [4.78, 5) is 0. The molecule has 0 bridgehead atoms. The average Bonchev–Trinajstić information content (AvgIpc) is 2.19. The Bertz CT molecular complexity index is 295. The fourth-order valence-electron chi connectivity index (χ4n) is 1.35. The topological polar surface area (TPSA) is 40.5 Å². The van der Waals surface area contributed by atoms with Gasteiger partial charge in [-0.05, 0) is 30.5 Å². The number of aryl methyl sites for hydroxylation is 1. The highest BCUT2D eigenvalue weighted by atomic mass is 35.5. The largest absolute Gasteiger partial charge is 0.396 e. The molecule has 0 aromatic heterocycles. The van der Waals surface area contributed by atoms with Crippen LogP contribution < -0.4 is 0 Å². The van der Waals surface area contributed by atoms with E-state index in [2.05, 4.69) is 0 Å². The molecule has 0 saturated heterocycles. The monoisotopic (exact) mass is 214 g/mol. The van der Waals surface area contributed by atoms with Crippen molar-refractivity contribution in [2.24, 2.45) is 5.92 Å². The zero-order chi connectivity index (χ0) is 10.6. The van der Waals surface area contributed by atoms with E-state index in [1.54, 1.807) is 0 Å². The third-order valence-electron chi connectivity index (χ3n) is 2.26. The van der Waals surface area contributed by atoms with Gasteiger partial charge in [0.15, 0.2) is 0 Å². The standard InChI is InChI=1S/C11H15ClO2/c1-8-4-9(2-3-11(8)12)5-10(6-13)7-14/h2-4,10,13-14H,5-7H2,1H3. The van der Waals surface area contributed by atoms with Gasteiger partial charge in [-0.2, -0.15) is 0 Å². The summed E-state index contributed by atoms with van der Waals surface area (Å²) in [5.74, 6) is -0.0735. The highest BCUT2D eigenvalue weighted by molar-refractivity contribution is 6.31. The van der Waals surface area contributed by atoms with Crippen LogP contribution in [0.15, 0.2) is 18.2 Å². The Kier molecular flexibility index (Phi) is 4.39. The summed E-state index contributed by atoms with van der Waals surface area (Å²) < 4.78 is 0. The van der Waals surface area contributed by atoms with Gasteiger partial charge in [0.25, 0.3) is 0 Å². The summed E-state index contributed by atoms with van der Waals surface area (Å²) in [6.45, 7) is 1.97. The Hall–Kier alpha value is -0.570. The first kappa shape index (κ1) is 11.5. The first-order chi connectivity index (χ1) is 6.67. The lowest BCUT2D eigenvalue weighted by Gasteiger charge is -2.11. The predicted molar refractivity (Wildman–Crippen MR) is 57.6 cm³/mol. The van der Waals surface area contributed by atoms with Crippen LogP contribution in [0.5, 0.6) is 0 Å². The quantitative estimate of drug-likeness (QED) is 0.803. The second-order valence-corrected chi connectivity index (χ2v) is 3.93. The second kappa shape index (κ2) is 5.35. The van der Waals surface area contributed by atoms with Gasteiger partial charge in [-0.3, -0.25) is 0 Å². The number of rotatable bonds is 4. The Morgan fingerprint density at radius 1 is 1.29 bits per heavy atom. The molecule has 14 heavy (non-hydrogen) atoms. The molecular formula is C11H15ClO2. The van der Waals surface area contributed by atoms with Gasteiger partial charge in [0.2, 0.25) is 0 Å². The molecule has 0 heterocycles. The maximum absolute atomic E-state index is 8.93. The molecule has 3 heteroatoms. The normalized spacial score (nSPS) is 10.9. The van der Waals surface area contributed by atoms with Crippen LogP contribution in [0.2, 0.25) is 5.02 Å². The van der Waals surface area contributed by atoms with E-state index in [0.29, 0.717) is 6.42 Å². The number of hydrogen-bond acceptors (Lipinski definition) is 2. The fourth-order valence-corrected chi connectivity index (χ4v) is 1.47. The SMILES string of the molecule is Cc1cc(CC(CO)CO)ccc1Cl. The van der Waals surface area contributed by atoms with E-state index in [0.717, 1.165) is 16.1 Å². The Morgan fingerprint density at radius 2 is 1.93 bits per heavy atom. The summed E-state index contributed by atoms with van der Waals surface area (Å²) in [7, 11) is 0. The van der Waals surface area contributed by atoms with E-state index in [-0.39, 0.29) is 19.1 Å². The van der Waals surface area contributed by atoms with Gasteiger partial charge in [0.1, 0.15) is 0 Å². The van der Waals surface area contributed by atoms with Crippen molar-refractivity contribution < 1.29 is 10.2 Å². The van der Waals surface area contributed by atoms with Crippen molar-refractivity contribution >= 4 is 11.6 Å². The highest BCUT2D eigenvalue weighted by Crippen LogP contribution is 2.18. The molecule has 0 aliphatic heterocycles. The van der Waals surface area contributed by atoms with Crippen molar-refractivity contribution in [2.75, 3.05) is 13.2 Å². The molecule has 78 valence electrons. The molecule has 0 aliphatic carbocycles. The van der Waals surface area contributed by atoms with Crippen LogP contribution in [0.1, 0.15) is 11.1 Å².